The second-order valence-corrected chi connectivity index (χ2v) is 6.12. The lowest BCUT2D eigenvalue weighted by Crippen LogP contribution is -2.35. The van der Waals surface area contributed by atoms with Crippen molar-refractivity contribution in [3.05, 3.63) is 77.9 Å². The van der Waals surface area contributed by atoms with Crippen LogP contribution in [0.5, 0.6) is 0 Å². The van der Waals surface area contributed by atoms with Gasteiger partial charge in [0.05, 0.1) is 22.4 Å². The molecule has 0 unspecified atom stereocenters. The van der Waals surface area contributed by atoms with Crippen molar-refractivity contribution in [2.24, 2.45) is 0 Å². The molecular weight excluding hydrogens is 360 g/mol. The molecule has 3 amide bonds. The molecule has 7 nitrogen and oxygen atoms in total. The zero-order valence-corrected chi connectivity index (χ0v) is 15.2. The summed E-state index contributed by atoms with van der Waals surface area (Å²) in [4.78, 5) is 50.0. The topological polar surface area (TPSA) is 92.8 Å². The van der Waals surface area contributed by atoms with Crippen LogP contribution in [0.25, 0.3) is 0 Å². The normalized spacial score (nSPS) is 13.7. The fourth-order valence-electron chi connectivity index (χ4n) is 2.77. The highest BCUT2D eigenvalue weighted by atomic mass is 16.5. The number of esters is 1. The first-order valence-corrected chi connectivity index (χ1v) is 8.61. The zero-order chi connectivity index (χ0) is 20.3. The van der Waals surface area contributed by atoms with E-state index in [1.807, 2.05) is 0 Å². The van der Waals surface area contributed by atoms with Gasteiger partial charge in [0.1, 0.15) is 0 Å². The average Bonchev–Trinajstić information content (AvgIpc) is 2.97. The Hall–Kier alpha value is -3.74. The molecule has 0 radical (unpaired) electrons. The number of hydrogen-bond acceptors (Lipinski definition) is 5. The van der Waals surface area contributed by atoms with Gasteiger partial charge in [-0.05, 0) is 43.3 Å². The first kappa shape index (κ1) is 19.0. The Morgan fingerprint density at radius 2 is 1.64 bits per heavy atom. The summed E-state index contributed by atoms with van der Waals surface area (Å²) in [5.74, 6) is -1.95. The molecule has 2 aromatic carbocycles. The van der Waals surface area contributed by atoms with E-state index >= 15 is 0 Å². The van der Waals surface area contributed by atoms with Gasteiger partial charge in [-0.2, -0.15) is 0 Å². The van der Waals surface area contributed by atoms with Gasteiger partial charge >= 0.3 is 5.97 Å². The second-order valence-electron chi connectivity index (χ2n) is 6.12. The number of carbonyl (C=O) groups excluding carboxylic acids is 4. The number of hydrogen-bond donors (Lipinski definition) is 1. The minimum absolute atomic E-state index is 0.198. The van der Waals surface area contributed by atoms with E-state index in [4.69, 9.17) is 4.74 Å². The SMILES string of the molecule is C=CCNC(=O)[C@@H](C)OC(=O)c1ccc(N2C(=O)c3ccccc3C2=O)cc1. The number of nitrogens with zero attached hydrogens (tertiary/aromatic N) is 1. The lowest BCUT2D eigenvalue weighted by Gasteiger charge is -2.15. The number of ether oxygens (including phenoxy) is 1. The predicted octanol–water partition coefficient (Wildman–Crippen LogP) is 2.33. The number of rotatable bonds is 6. The van der Waals surface area contributed by atoms with Gasteiger partial charge < -0.3 is 10.1 Å². The van der Waals surface area contributed by atoms with Gasteiger partial charge in [-0.3, -0.25) is 14.4 Å². The first-order valence-electron chi connectivity index (χ1n) is 8.61. The van der Waals surface area contributed by atoms with Gasteiger partial charge in [-0.1, -0.05) is 18.2 Å². The third-order valence-electron chi connectivity index (χ3n) is 4.23. The number of imide groups is 1. The summed E-state index contributed by atoms with van der Waals surface area (Å²) in [6.07, 6.45) is 0.549. The van der Waals surface area contributed by atoms with E-state index in [1.54, 1.807) is 24.3 Å². The van der Waals surface area contributed by atoms with Gasteiger partial charge in [-0.15, -0.1) is 6.58 Å². The molecule has 7 heteroatoms. The fraction of sp³-hybridized carbons (Fsp3) is 0.143. The number of anilines is 1. The van der Waals surface area contributed by atoms with Crippen molar-refractivity contribution in [1.82, 2.24) is 5.32 Å². The monoisotopic (exact) mass is 378 g/mol. The van der Waals surface area contributed by atoms with Gasteiger partial charge in [-0.25, -0.2) is 9.69 Å². The van der Waals surface area contributed by atoms with Gasteiger partial charge in [0.2, 0.25) is 0 Å². The largest absolute Gasteiger partial charge is 0.449 e. The van der Waals surface area contributed by atoms with E-state index in [0.29, 0.717) is 16.8 Å². The maximum Gasteiger partial charge on any atom is 0.338 e. The molecule has 0 aliphatic carbocycles. The van der Waals surface area contributed by atoms with Crippen molar-refractivity contribution >= 4 is 29.4 Å². The zero-order valence-electron chi connectivity index (χ0n) is 15.2. The fourth-order valence-corrected chi connectivity index (χ4v) is 2.77. The summed E-state index contributed by atoms with van der Waals surface area (Å²) in [6.45, 7) is 5.23. The first-order chi connectivity index (χ1) is 13.4. The van der Waals surface area contributed by atoms with Crippen molar-refractivity contribution in [3.8, 4) is 0 Å². The molecule has 0 spiro atoms. The lowest BCUT2D eigenvalue weighted by atomic mass is 10.1. The maximum absolute atomic E-state index is 12.5. The van der Waals surface area contributed by atoms with E-state index in [-0.39, 0.29) is 12.1 Å². The maximum atomic E-state index is 12.5. The molecule has 142 valence electrons. The second kappa shape index (κ2) is 7.87. The summed E-state index contributed by atoms with van der Waals surface area (Å²) >= 11 is 0. The molecule has 0 fully saturated rings. The number of amides is 3. The molecule has 0 saturated carbocycles. The van der Waals surface area contributed by atoms with Crippen LogP contribution in [-0.2, 0) is 9.53 Å². The molecule has 1 aliphatic heterocycles. The quantitative estimate of drug-likeness (QED) is 0.473. The number of carbonyl (C=O) groups is 4. The molecule has 28 heavy (non-hydrogen) atoms. The highest BCUT2D eigenvalue weighted by Crippen LogP contribution is 2.28. The predicted molar refractivity (Wildman–Crippen MR) is 102 cm³/mol. The van der Waals surface area contributed by atoms with Crippen LogP contribution in [-0.4, -0.2) is 36.3 Å². The summed E-state index contributed by atoms with van der Waals surface area (Å²) in [7, 11) is 0. The summed E-state index contributed by atoms with van der Waals surface area (Å²) in [5.41, 5.74) is 1.23. The molecule has 2 aromatic rings. The van der Waals surface area contributed by atoms with Crippen LogP contribution < -0.4 is 10.2 Å². The Morgan fingerprint density at radius 3 is 2.18 bits per heavy atom. The smallest absolute Gasteiger partial charge is 0.338 e. The molecule has 1 atom stereocenters. The van der Waals surface area contributed by atoms with E-state index < -0.39 is 29.8 Å². The summed E-state index contributed by atoms with van der Waals surface area (Å²) in [6, 6.07) is 12.4. The van der Waals surface area contributed by atoms with Crippen LogP contribution in [0.1, 0.15) is 38.0 Å². The van der Waals surface area contributed by atoms with E-state index in [2.05, 4.69) is 11.9 Å². The molecular formula is C21H18N2O5. The van der Waals surface area contributed by atoms with Crippen LogP contribution >= 0.6 is 0 Å². The van der Waals surface area contributed by atoms with Crippen LogP contribution in [0.15, 0.2) is 61.2 Å². The number of nitrogens with one attached hydrogen (secondary N) is 1. The number of benzene rings is 2. The van der Waals surface area contributed by atoms with Gasteiger partial charge in [0, 0.05) is 6.54 Å². The highest BCUT2D eigenvalue weighted by Gasteiger charge is 2.36. The summed E-state index contributed by atoms with van der Waals surface area (Å²) in [5, 5.41) is 2.54. The van der Waals surface area contributed by atoms with Crippen LogP contribution in [0.2, 0.25) is 0 Å². The van der Waals surface area contributed by atoms with Crippen LogP contribution in [0.3, 0.4) is 0 Å². The molecule has 1 aliphatic rings. The van der Waals surface area contributed by atoms with Crippen molar-refractivity contribution in [3.63, 3.8) is 0 Å². The third-order valence-corrected chi connectivity index (χ3v) is 4.23. The Bertz CT molecular complexity index is 930. The molecule has 1 heterocycles. The molecule has 1 N–H and O–H groups in total. The Kier molecular flexibility index (Phi) is 5.35. The summed E-state index contributed by atoms with van der Waals surface area (Å²) < 4.78 is 5.12. The Morgan fingerprint density at radius 1 is 1.07 bits per heavy atom. The molecule has 0 aromatic heterocycles. The molecule has 0 saturated heterocycles. The lowest BCUT2D eigenvalue weighted by molar-refractivity contribution is -0.128. The van der Waals surface area contributed by atoms with Crippen molar-refractivity contribution in [2.75, 3.05) is 11.4 Å². The van der Waals surface area contributed by atoms with Crippen LogP contribution in [0, 0.1) is 0 Å². The van der Waals surface area contributed by atoms with Crippen molar-refractivity contribution in [1.29, 1.82) is 0 Å². The number of fused-ring (bicyclic) bond motifs is 1. The van der Waals surface area contributed by atoms with Crippen molar-refractivity contribution in [2.45, 2.75) is 13.0 Å². The van der Waals surface area contributed by atoms with E-state index in [0.717, 1.165) is 4.90 Å². The average molecular weight is 378 g/mol. The Labute approximate surface area is 161 Å². The van der Waals surface area contributed by atoms with Gasteiger partial charge in [0.25, 0.3) is 17.7 Å². The van der Waals surface area contributed by atoms with Crippen LogP contribution in [0.4, 0.5) is 5.69 Å². The third kappa shape index (κ3) is 3.55. The van der Waals surface area contributed by atoms with Gasteiger partial charge in [0.15, 0.2) is 6.10 Å². The standard InChI is InChI=1S/C21H18N2O5/c1-3-12-22-18(24)13(2)28-21(27)14-8-10-15(11-9-14)23-19(25)16-6-4-5-7-17(16)20(23)26/h3-11,13H,1,12H2,2H3,(H,22,24)/t13-/m1/s1. The van der Waals surface area contributed by atoms with E-state index in [1.165, 1.54) is 37.3 Å². The molecule has 3 rings (SSSR count). The minimum Gasteiger partial charge on any atom is -0.449 e. The Balaban J connectivity index is 1.71. The van der Waals surface area contributed by atoms with E-state index in [9.17, 15) is 19.2 Å². The highest BCUT2D eigenvalue weighted by molar-refractivity contribution is 6.34. The van der Waals surface area contributed by atoms with Crippen molar-refractivity contribution < 1.29 is 23.9 Å². The molecule has 0 bridgehead atoms. The minimum atomic E-state index is -0.969.